The fourth-order valence-electron chi connectivity index (χ4n) is 7.36. The Morgan fingerprint density at radius 1 is 0.543 bits per heavy atom. The number of aromatic nitrogens is 3. The van der Waals surface area contributed by atoms with E-state index in [0.29, 0.717) is 11.6 Å². The summed E-state index contributed by atoms with van der Waals surface area (Å²) < 4.78 is 2.07. The van der Waals surface area contributed by atoms with Crippen LogP contribution in [0.15, 0.2) is 133 Å². The van der Waals surface area contributed by atoms with Gasteiger partial charge in [0.2, 0.25) is 5.95 Å². The van der Waals surface area contributed by atoms with Crippen LogP contribution in [0.2, 0.25) is 0 Å². The SMILES string of the molecule is CC1(C)c2ccccc2-c2ccc(-c3ccc(-c4ccc5c(c4)c4ccccc4n5-c4nc(C#N)c5ccccc5n4)cc3)cc21. The summed E-state index contributed by atoms with van der Waals surface area (Å²) in [6.45, 7) is 4.65. The molecule has 0 unspecified atom stereocenters. The smallest absolute Gasteiger partial charge is 0.236 e. The molecule has 0 amide bonds. The third-order valence-corrected chi connectivity index (χ3v) is 9.70. The molecule has 4 nitrogen and oxygen atoms in total. The van der Waals surface area contributed by atoms with Crippen LogP contribution in [-0.4, -0.2) is 14.5 Å². The van der Waals surface area contributed by atoms with E-state index in [9.17, 15) is 5.26 Å². The van der Waals surface area contributed by atoms with E-state index in [-0.39, 0.29) is 5.41 Å². The number of para-hydroxylation sites is 2. The predicted molar refractivity (Wildman–Crippen MR) is 187 cm³/mol. The third kappa shape index (κ3) is 3.79. The summed E-state index contributed by atoms with van der Waals surface area (Å²) in [6.07, 6.45) is 0. The summed E-state index contributed by atoms with van der Waals surface area (Å²) >= 11 is 0. The molecule has 0 saturated carbocycles. The van der Waals surface area contributed by atoms with Crippen molar-refractivity contribution in [2.75, 3.05) is 0 Å². The van der Waals surface area contributed by atoms with Gasteiger partial charge in [0.25, 0.3) is 0 Å². The first-order valence-corrected chi connectivity index (χ1v) is 15.6. The second-order valence-corrected chi connectivity index (χ2v) is 12.6. The molecule has 2 aromatic heterocycles. The van der Waals surface area contributed by atoms with E-state index in [2.05, 4.69) is 128 Å². The van der Waals surface area contributed by atoms with Gasteiger partial charge >= 0.3 is 0 Å². The number of hydrogen-bond donors (Lipinski definition) is 0. The van der Waals surface area contributed by atoms with E-state index >= 15 is 0 Å². The predicted octanol–water partition coefficient (Wildman–Crippen LogP) is 10.2. The molecule has 0 N–H and O–H groups in total. The first-order valence-electron chi connectivity index (χ1n) is 15.6. The normalized spacial score (nSPS) is 13.2. The van der Waals surface area contributed by atoms with Crippen LogP contribution in [0, 0.1) is 11.3 Å². The molecule has 6 aromatic carbocycles. The Balaban J connectivity index is 1.12. The number of hydrogen-bond acceptors (Lipinski definition) is 3. The highest BCUT2D eigenvalue weighted by Gasteiger charge is 2.35. The Morgan fingerprint density at radius 2 is 1.15 bits per heavy atom. The lowest BCUT2D eigenvalue weighted by atomic mass is 9.81. The van der Waals surface area contributed by atoms with Crippen molar-refractivity contribution in [3.63, 3.8) is 0 Å². The Bertz CT molecular complexity index is 2560. The molecule has 4 heteroatoms. The van der Waals surface area contributed by atoms with Crippen molar-refractivity contribution in [2.45, 2.75) is 19.3 Å². The number of fused-ring (bicyclic) bond motifs is 7. The Hall–Kier alpha value is -6.05. The zero-order chi connectivity index (χ0) is 31.0. The highest BCUT2D eigenvalue weighted by molar-refractivity contribution is 6.10. The fraction of sp³-hybridized carbons (Fsp3) is 0.0714. The number of nitrogens with zero attached hydrogens (tertiary/aromatic N) is 4. The summed E-state index contributed by atoms with van der Waals surface area (Å²) in [5.41, 5.74) is 13.3. The zero-order valence-corrected chi connectivity index (χ0v) is 25.5. The second-order valence-electron chi connectivity index (χ2n) is 12.6. The van der Waals surface area contributed by atoms with E-state index in [1.54, 1.807) is 0 Å². The molecule has 2 heterocycles. The van der Waals surface area contributed by atoms with Gasteiger partial charge in [0, 0.05) is 21.6 Å². The fourth-order valence-corrected chi connectivity index (χ4v) is 7.36. The van der Waals surface area contributed by atoms with Gasteiger partial charge in [0.05, 0.1) is 16.6 Å². The molecule has 8 aromatic rings. The largest absolute Gasteiger partial charge is 0.278 e. The zero-order valence-electron chi connectivity index (χ0n) is 25.5. The van der Waals surface area contributed by atoms with E-state index < -0.39 is 0 Å². The van der Waals surface area contributed by atoms with Gasteiger partial charge in [-0.25, -0.2) is 9.97 Å². The molecular weight excluding hydrogens is 560 g/mol. The van der Waals surface area contributed by atoms with Gasteiger partial charge < -0.3 is 0 Å². The van der Waals surface area contributed by atoms with Crippen LogP contribution in [0.4, 0.5) is 0 Å². The van der Waals surface area contributed by atoms with Gasteiger partial charge in [0.1, 0.15) is 6.07 Å². The topological polar surface area (TPSA) is 54.5 Å². The van der Waals surface area contributed by atoms with Gasteiger partial charge in [-0.2, -0.15) is 5.26 Å². The van der Waals surface area contributed by atoms with Crippen LogP contribution in [0.5, 0.6) is 0 Å². The molecule has 0 spiro atoms. The molecule has 46 heavy (non-hydrogen) atoms. The quantitative estimate of drug-likeness (QED) is 0.206. The van der Waals surface area contributed by atoms with Crippen molar-refractivity contribution in [2.24, 2.45) is 0 Å². The molecule has 0 fully saturated rings. The van der Waals surface area contributed by atoms with E-state index in [0.717, 1.165) is 43.8 Å². The van der Waals surface area contributed by atoms with Crippen molar-refractivity contribution in [3.05, 3.63) is 150 Å². The maximum absolute atomic E-state index is 9.89. The lowest BCUT2D eigenvalue weighted by Crippen LogP contribution is -2.14. The molecule has 0 saturated heterocycles. The first-order chi connectivity index (χ1) is 22.5. The van der Waals surface area contributed by atoms with Crippen LogP contribution >= 0.6 is 0 Å². The lowest BCUT2D eigenvalue weighted by Gasteiger charge is -2.22. The molecule has 1 aliphatic carbocycles. The van der Waals surface area contributed by atoms with Gasteiger partial charge in [-0.15, -0.1) is 0 Å². The van der Waals surface area contributed by atoms with Crippen LogP contribution in [0.3, 0.4) is 0 Å². The third-order valence-electron chi connectivity index (χ3n) is 9.70. The van der Waals surface area contributed by atoms with E-state index in [1.807, 2.05) is 30.3 Å². The standard InChI is InChI=1S/C42H28N4/c1-42(2)35-12-6-3-9-30(35)31-21-19-29(24-36(31)42)27-17-15-26(16-18-27)28-20-22-40-34(23-28)32-10-5-8-14-39(32)46(40)41-44-37-13-7-4-11-33(37)38(25-43)45-41/h3-24H,1-2H3. The van der Waals surface area contributed by atoms with Crippen LogP contribution in [0.1, 0.15) is 30.7 Å². The molecule has 9 rings (SSSR count). The Kier molecular flexibility index (Phi) is 5.57. The highest BCUT2D eigenvalue weighted by Crippen LogP contribution is 2.49. The number of rotatable bonds is 3. The van der Waals surface area contributed by atoms with E-state index in [4.69, 9.17) is 9.97 Å². The van der Waals surface area contributed by atoms with Gasteiger partial charge in [-0.1, -0.05) is 111 Å². The average Bonchev–Trinajstić information content (AvgIpc) is 3.56. The number of benzene rings is 6. The van der Waals surface area contributed by atoms with Crippen molar-refractivity contribution in [1.29, 1.82) is 5.26 Å². The maximum Gasteiger partial charge on any atom is 0.236 e. The number of nitriles is 1. The summed E-state index contributed by atoms with van der Waals surface area (Å²) in [4.78, 5) is 9.60. The van der Waals surface area contributed by atoms with Gasteiger partial charge in [0.15, 0.2) is 5.69 Å². The monoisotopic (exact) mass is 588 g/mol. The maximum atomic E-state index is 9.89. The summed E-state index contributed by atoms with van der Waals surface area (Å²) in [5, 5.41) is 12.9. The van der Waals surface area contributed by atoms with Gasteiger partial charge in [-0.05, 0) is 80.9 Å². The van der Waals surface area contributed by atoms with Crippen LogP contribution in [-0.2, 0) is 5.41 Å². The molecule has 216 valence electrons. The minimum Gasteiger partial charge on any atom is -0.278 e. The van der Waals surface area contributed by atoms with Crippen molar-refractivity contribution < 1.29 is 0 Å². The van der Waals surface area contributed by atoms with Crippen molar-refractivity contribution >= 4 is 32.7 Å². The summed E-state index contributed by atoms with van der Waals surface area (Å²) in [7, 11) is 0. The average molecular weight is 589 g/mol. The van der Waals surface area contributed by atoms with Crippen molar-refractivity contribution in [1.82, 2.24) is 14.5 Å². The highest BCUT2D eigenvalue weighted by atomic mass is 15.2. The molecule has 0 aliphatic heterocycles. The van der Waals surface area contributed by atoms with E-state index in [1.165, 1.54) is 33.4 Å². The molecule has 0 bridgehead atoms. The van der Waals surface area contributed by atoms with Gasteiger partial charge in [-0.3, -0.25) is 4.57 Å². The second kappa shape index (κ2) is 9.72. The molecule has 0 atom stereocenters. The summed E-state index contributed by atoms with van der Waals surface area (Å²) in [5.74, 6) is 0.499. The molecular formula is C42H28N4. The van der Waals surface area contributed by atoms with Crippen LogP contribution < -0.4 is 0 Å². The lowest BCUT2D eigenvalue weighted by molar-refractivity contribution is 0.660. The first kappa shape index (κ1) is 26.4. The van der Waals surface area contributed by atoms with Crippen LogP contribution in [0.25, 0.3) is 72.0 Å². The minimum absolute atomic E-state index is 0.0233. The molecule has 0 radical (unpaired) electrons. The molecule has 1 aliphatic rings. The van der Waals surface area contributed by atoms with Crippen molar-refractivity contribution in [3.8, 4) is 45.4 Å². The minimum atomic E-state index is -0.0233. The Morgan fingerprint density at radius 3 is 1.96 bits per heavy atom. The summed E-state index contributed by atoms with van der Waals surface area (Å²) in [6, 6.07) is 49.4. The Labute approximate surface area is 266 Å².